The molecule has 4 nitrogen and oxygen atoms in total. The molecule has 1 amide bonds. The molecule has 4 unspecified atom stereocenters. The predicted molar refractivity (Wildman–Crippen MR) is 75.8 cm³/mol. The summed E-state index contributed by atoms with van der Waals surface area (Å²) in [5.74, 6) is 1.07. The van der Waals surface area contributed by atoms with Gasteiger partial charge in [-0.25, -0.2) is 0 Å². The number of aliphatic hydroxyl groups is 1. The second-order valence-electron chi connectivity index (χ2n) is 6.15. The summed E-state index contributed by atoms with van der Waals surface area (Å²) in [6.45, 7) is 3.35. The van der Waals surface area contributed by atoms with Crippen LogP contribution >= 0.6 is 0 Å². The summed E-state index contributed by atoms with van der Waals surface area (Å²) in [4.78, 5) is 12.3. The zero-order valence-electron chi connectivity index (χ0n) is 12.0. The third-order valence-corrected chi connectivity index (χ3v) is 4.88. The molecule has 110 valence electrons. The lowest BCUT2D eigenvalue weighted by Gasteiger charge is -2.34. The van der Waals surface area contributed by atoms with Gasteiger partial charge in [0, 0.05) is 18.6 Å². The van der Waals surface area contributed by atoms with Crippen LogP contribution in [0.1, 0.15) is 51.9 Å². The number of hydrogen-bond donors (Lipinski definition) is 3. The topological polar surface area (TPSA) is 61.4 Å². The van der Waals surface area contributed by atoms with E-state index in [4.69, 9.17) is 0 Å². The SMILES string of the molecule is CCC1CCNC(C(=O)NC2CCCCC2CO)C1. The molecule has 0 spiro atoms. The van der Waals surface area contributed by atoms with Crippen molar-refractivity contribution >= 4 is 5.91 Å². The van der Waals surface area contributed by atoms with Crippen molar-refractivity contribution in [2.45, 2.75) is 64.0 Å². The summed E-state index contributed by atoms with van der Waals surface area (Å²) in [7, 11) is 0. The van der Waals surface area contributed by atoms with E-state index in [1.807, 2.05) is 0 Å². The molecule has 2 aliphatic rings. The summed E-state index contributed by atoms with van der Waals surface area (Å²) >= 11 is 0. The Labute approximate surface area is 116 Å². The number of piperidine rings is 1. The average molecular weight is 268 g/mol. The highest BCUT2D eigenvalue weighted by Gasteiger charge is 2.30. The van der Waals surface area contributed by atoms with Crippen LogP contribution in [0.3, 0.4) is 0 Å². The minimum Gasteiger partial charge on any atom is -0.396 e. The number of nitrogens with one attached hydrogen (secondary N) is 2. The average Bonchev–Trinajstić information content (AvgIpc) is 2.47. The van der Waals surface area contributed by atoms with E-state index in [0.29, 0.717) is 5.92 Å². The van der Waals surface area contributed by atoms with Crippen molar-refractivity contribution in [3.05, 3.63) is 0 Å². The highest BCUT2D eigenvalue weighted by Crippen LogP contribution is 2.25. The molecule has 1 saturated heterocycles. The van der Waals surface area contributed by atoms with Gasteiger partial charge < -0.3 is 15.7 Å². The molecule has 4 heteroatoms. The molecule has 1 heterocycles. The Morgan fingerprint density at radius 1 is 1.32 bits per heavy atom. The fourth-order valence-corrected chi connectivity index (χ4v) is 3.47. The van der Waals surface area contributed by atoms with Crippen molar-refractivity contribution in [1.29, 1.82) is 0 Å². The smallest absolute Gasteiger partial charge is 0.237 e. The third-order valence-electron chi connectivity index (χ3n) is 4.88. The van der Waals surface area contributed by atoms with Crippen LogP contribution in [0, 0.1) is 11.8 Å². The van der Waals surface area contributed by atoms with Crippen molar-refractivity contribution in [3.63, 3.8) is 0 Å². The van der Waals surface area contributed by atoms with Gasteiger partial charge in [0.05, 0.1) is 6.04 Å². The highest BCUT2D eigenvalue weighted by atomic mass is 16.3. The molecule has 19 heavy (non-hydrogen) atoms. The van der Waals surface area contributed by atoms with E-state index >= 15 is 0 Å². The lowest BCUT2D eigenvalue weighted by molar-refractivity contribution is -0.125. The summed E-state index contributed by atoms with van der Waals surface area (Å²) in [6, 6.07) is 0.148. The molecule has 0 aromatic rings. The minimum absolute atomic E-state index is 0.0278. The van der Waals surface area contributed by atoms with E-state index < -0.39 is 0 Å². The lowest BCUT2D eigenvalue weighted by Crippen LogP contribution is -2.53. The molecule has 3 N–H and O–H groups in total. The summed E-state index contributed by atoms with van der Waals surface area (Å²) in [5, 5.41) is 15.9. The largest absolute Gasteiger partial charge is 0.396 e. The second-order valence-corrected chi connectivity index (χ2v) is 6.15. The van der Waals surface area contributed by atoms with Gasteiger partial charge in [0.25, 0.3) is 0 Å². The zero-order chi connectivity index (χ0) is 13.7. The first-order chi connectivity index (χ1) is 9.24. The first-order valence-electron chi connectivity index (χ1n) is 7.89. The standard InChI is InChI=1S/C15H28N2O2/c1-2-11-7-8-16-14(9-11)15(19)17-13-6-4-3-5-12(13)10-18/h11-14,16,18H,2-10H2,1H3,(H,17,19). The Hall–Kier alpha value is -0.610. The first kappa shape index (κ1) is 14.8. The molecule has 0 aromatic carbocycles. The van der Waals surface area contributed by atoms with Gasteiger partial charge in [-0.3, -0.25) is 4.79 Å². The van der Waals surface area contributed by atoms with Crippen molar-refractivity contribution < 1.29 is 9.90 Å². The summed E-state index contributed by atoms with van der Waals surface area (Å²) in [6.07, 6.45) is 7.70. The van der Waals surface area contributed by atoms with Crippen molar-refractivity contribution in [2.24, 2.45) is 11.8 Å². The predicted octanol–water partition coefficient (Wildman–Crippen LogP) is 1.43. The number of carbonyl (C=O) groups is 1. The normalized spacial score (nSPS) is 35.9. The van der Waals surface area contributed by atoms with Gasteiger partial charge in [-0.1, -0.05) is 26.2 Å². The van der Waals surface area contributed by atoms with Crippen LogP contribution in [0.15, 0.2) is 0 Å². The molecular weight excluding hydrogens is 240 g/mol. The summed E-state index contributed by atoms with van der Waals surface area (Å²) in [5.41, 5.74) is 0. The van der Waals surface area contributed by atoms with Crippen LogP contribution in [-0.4, -0.2) is 36.2 Å². The molecule has 2 rings (SSSR count). The Bertz CT molecular complexity index is 296. The molecule has 2 fully saturated rings. The Morgan fingerprint density at radius 2 is 2.11 bits per heavy atom. The van der Waals surface area contributed by atoms with Gasteiger partial charge in [0.2, 0.25) is 5.91 Å². The Kier molecular flexibility index (Phi) is 5.64. The molecular formula is C15H28N2O2. The Balaban J connectivity index is 1.85. The quantitative estimate of drug-likeness (QED) is 0.723. The van der Waals surface area contributed by atoms with E-state index in [-0.39, 0.29) is 30.5 Å². The van der Waals surface area contributed by atoms with E-state index in [2.05, 4.69) is 17.6 Å². The van der Waals surface area contributed by atoms with E-state index in [0.717, 1.165) is 38.6 Å². The monoisotopic (exact) mass is 268 g/mol. The zero-order valence-corrected chi connectivity index (χ0v) is 12.0. The van der Waals surface area contributed by atoms with Crippen LogP contribution in [0.4, 0.5) is 0 Å². The van der Waals surface area contributed by atoms with Crippen LogP contribution in [0.5, 0.6) is 0 Å². The van der Waals surface area contributed by atoms with Gasteiger partial charge in [0.15, 0.2) is 0 Å². The number of amides is 1. The highest BCUT2D eigenvalue weighted by molar-refractivity contribution is 5.82. The second kappa shape index (κ2) is 7.25. The van der Waals surface area contributed by atoms with Crippen molar-refractivity contribution in [3.8, 4) is 0 Å². The number of carbonyl (C=O) groups excluding carboxylic acids is 1. The molecule has 4 atom stereocenters. The van der Waals surface area contributed by atoms with Gasteiger partial charge in [-0.05, 0) is 38.1 Å². The fourth-order valence-electron chi connectivity index (χ4n) is 3.47. The summed E-state index contributed by atoms with van der Waals surface area (Å²) < 4.78 is 0. The van der Waals surface area contributed by atoms with Crippen LogP contribution in [0.25, 0.3) is 0 Å². The molecule has 0 bridgehead atoms. The van der Waals surface area contributed by atoms with Gasteiger partial charge in [0.1, 0.15) is 0 Å². The van der Waals surface area contributed by atoms with E-state index in [9.17, 15) is 9.90 Å². The molecule has 1 aliphatic heterocycles. The number of rotatable bonds is 4. The minimum atomic E-state index is -0.0278. The molecule has 0 aromatic heterocycles. The van der Waals surface area contributed by atoms with E-state index in [1.165, 1.54) is 12.8 Å². The fraction of sp³-hybridized carbons (Fsp3) is 0.933. The lowest BCUT2D eigenvalue weighted by atomic mass is 9.84. The molecule has 0 radical (unpaired) electrons. The maximum absolute atomic E-state index is 12.3. The van der Waals surface area contributed by atoms with Crippen LogP contribution in [0.2, 0.25) is 0 Å². The maximum atomic E-state index is 12.3. The van der Waals surface area contributed by atoms with Crippen LogP contribution < -0.4 is 10.6 Å². The molecule has 1 aliphatic carbocycles. The van der Waals surface area contributed by atoms with E-state index in [1.54, 1.807) is 0 Å². The maximum Gasteiger partial charge on any atom is 0.237 e. The molecule has 1 saturated carbocycles. The number of aliphatic hydroxyl groups excluding tert-OH is 1. The van der Waals surface area contributed by atoms with Crippen molar-refractivity contribution in [1.82, 2.24) is 10.6 Å². The van der Waals surface area contributed by atoms with Crippen molar-refractivity contribution in [2.75, 3.05) is 13.2 Å². The van der Waals surface area contributed by atoms with Gasteiger partial charge in [-0.2, -0.15) is 0 Å². The van der Waals surface area contributed by atoms with Gasteiger partial charge >= 0.3 is 0 Å². The van der Waals surface area contributed by atoms with Crippen LogP contribution in [-0.2, 0) is 4.79 Å². The number of hydrogen-bond acceptors (Lipinski definition) is 3. The Morgan fingerprint density at radius 3 is 2.84 bits per heavy atom. The van der Waals surface area contributed by atoms with Gasteiger partial charge in [-0.15, -0.1) is 0 Å². The first-order valence-corrected chi connectivity index (χ1v) is 7.89. The third kappa shape index (κ3) is 3.93.